The molecule has 0 radical (unpaired) electrons. The zero-order valence-electron chi connectivity index (χ0n) is 13.1. The number of hydrogen-bond donors (Lipinski definition) is 1. The molecular formula is C18H19BrClNO2. The van der Waals surface area contributed by atoms with Crippen LogP contribution in [0.2, 0.25) is 5.02 Å². The molecule has 0 bridgehead atoms. The van der Waals surface area contributed by atoms with Crippen LogP contribution in [-0.2, 0) is 11.3 Å². The van der Waals surface area contributed by atoms with Crippen LogP contribution in [0, 0.1) is 0 Å². The van der Waals surface area contributed by atoms with E-state index in [0.717, 1.165) is 10.0 Å². The summed E-state index contributed by atoms with van der Waals surface area (Å²) in [6.45, 7) is 4.69. The number of ether oxygens (including phenoxy) is 1. The molecule has 2 aromatic carbocycles. The molecule has 1 N–H and O–H groups in total. The van der Waals surface area contributed by atoms with Crippen molar-refractivity contribution in [2.45, 2.75) is 26.3 Å². The molecule has 0 unspecified atom stereocenters. The van der Waals surface area contributed by atoms with E-state index >= 15 is 0 Å². The van der Waals surface area contributed by atoms with Crippen LogP contribution in [0.5, 0.6) is 5.75 Å². The molecule has 0 saturated heterocycles. The van der Waals surface area contributed by atoms with Crippen LogP contribution >= 0.6 is 27.5 Å². The van der Waals surface area contributed by atoms with Gasteiger partial charge < -0.3 is 10.1 Å². The number of carbonyl (C=O) groups is 1. The molecule has 23 heavy (non-hydrogen) atoms. The van der Waals surface area contributed by atoms with Gasteiger partial charge in [0.25, 0.3) is 5.91 Å². The van der Waals surface area contributed by atoms with Crippen molar-refractivity contribution >= 4 is 33.4 Å². The van der Waals surface area contributed by atoms with E-state index in [2.05, 4.69) is 35.1 Å². The molecule has 0 saturated carbocycles. The minimum Gasteiger partial charge on any atom is -0.483 e. The van der Waals surface area contributed by atoms with Crippen molar-refractivity contribution in [3.63, 3.8) is 0 Å². The summed E-state index contributed by atoms with van der Waals surface area (Å²) < 4.78 is 6.42. The van der Waals surface area contributed by atoms with Gasteiger partial charge in [-0.05, 0) is 57.2 Å². The fourth-order valence-corrected chi connectivity index (χ4v) is 2.63. The second-order valence-corrected chi connectivity index (χ2v) is 6.83. The van der Waals surface area contributed by atoms with Crippen LogP contribution < -0.4 is 10.1 Å². The molecule has 5 heteroatoms. The van der Waals surface area contributed by atoms with E-state index in [1.54, 1.807) is 12.1 Å². The Kier molecular flexibility index (Phi) is 6.48. The highest BCUT2D eigenvalue weighted by molar-refractivity contribution is 9.10. The van der Waals surface area contributed by atoms with E-state index in [9.17, 15) is 4.79 Å². The lowest BCUT2D eigenvalue weighted by molar-refractivity contribution is -0.123. The summed E-state index contributed by atoms with van der Waals surface area (Å²) in [5.74, 6) is 0.943. The van der Waals surface area contributed by atoms with Gasteiger partial charge in [-0.2, -0.15) is 0 Å². The van der Waals surface area contributed by atoms with Crippen molar-refractivity contribution in [2.75, 3.05) is 6.61 Å². The van der Waals surface area contributed by atoms with Gasteiger partial charge in [-0.25, -0.2) is 0 Å². The van der Waals surface area contributed by atoms with E-state index < -0.39 is 0 Å². The van der Waals surface area contributed by atoms with Gasteiger partial charge in [0.05, 0.1) is 4.47 Å². The maximum atomic E-state index is 11.9. The van der Waals surface area contributed by atoms with Crippen LogP contribution in [0.4, 0.5) is 0 Å². The topological polar surface area (TPSA) is 38.3 Å². The molecule has 0 fully saturated rings. The van der Waals surface area contributed by atoms with E-state index in [1.807, 2.05) is 30.3 Å². The van der Waals surface area contributed by atoms with Gasteiger partial charge in [-0.3, -0.25) is 4.79 Å². The number of hydrogen-bond acceptors (Lipinski definition) is 2. The number of amides is 1. The highest BCUT2D eigenvalue weighted by Gasteiger charge is 2.08. The lowest BCUT2D eigenvalue weighted by Crippen LogP contribution is -2.28. The van der Waals surface area contributed by atoms with Crippen molar-refractivity contribution in [2.24, 2.45) is 0 Å². The van der Waals surface area contributed by atoms with Crippen LogP contribution in [0.1, 0.15) is 30.9 Å². The van der Waals surface area contributed by atoms with E-state index in [4.69, 9.17) is 16.3 Å². The predicted octanol–water partition coefficient (Wildman–Crippen LogP) is 4.92. The Balaban J connectivity index is 1.83. The number of carbonyl (C=O) groups excluding carboxylic acids is 1. The third kappa shape index (κ3) is 5.56. The molecule has 122 valence electrons. The van der Waals surface area contributed by atoms with Crippen LogP contribution in [0.25, 0.3) is 0 Å². The minimum absolute atomic E-state index is 0.0206. The van der Waals surface area contributed by atoms with E-state index in [1.165, 1.54) is 5.56 Å². The number of halogens is 2. The lowest BCUT2D eigenvalue weighted by atomic mass is 10.0. The number of nitrogens with one attached hydrogen (secondary N) is 1. The monoisotopic (exact) mass is 395 g/mol. The van der Waals surface area contributed by atoms with Crippen molar-refractivity contribution < 1.29 is 9.53 Å². The highest BCUT2D eigenvalue weighted by Crippen LogP contribution is 2.28. The fraction of sp³-hybridized carbons (Fsp3) is 0.278. The SMILES string of the molecule is CC(C)c1ccc(OCC(=O)NCc2ccc(Cl)cc2)c(Br)c1. The van der Waals surface area contributed by atoms with Crippen LogP contribution in [-0.4, -0.2) is 12.5 Å². The Morgan fingerprint density at radius 2 is 1.91 bits per heavy atom. The maximum absolute atomic E-state index is 11.9. The molecule has 2 rings (SSSR count). The summed E-state index contributed by atoms with van der Waals surface area (Å²) >= 11 is 9.30. The first kappa shape index (κ1) is 17.8. The van der Waals surface area contributed by atoms with Crippen molar-refractivity contribution in [1.82, 2.24) is 5.32 Å². The summed E-state index contributed by atoms with van der Waals surface area (Å²) in [6, 6.07) is 13.3. The maximum Gasteiger partial charge on any atom is 0.258 e. The largest absolute Gasteiger partial charge is 0.483 e. The second-order valence-electron chi connectivity index (χ2n) is 5.54. The summed E-state index contributed by atoms with van der Waals surface area (Å²) in [7, 11) is 0. The highest BCUT2D eigenvalue weighted by atomic mass is 79.9. The molecular weight excluding hydrogens is 378 g/mol. The van der Waals surface area contributed by atoms with Gasteiger partial charge in [0, 0.05) is 11.6 Å². The average Bonchev–Trinajstić information content (AvgIpc) is 2.53. The van der Waals surface area contributed by atoms with Crippen LogP contribution in [0.3, 0.4) is 0 Å². The second kappa shape index (κ2) is 8.37. The zero-order valence-corrected chi connectivity index (χ0v) is 15.4. The molecule has 0 heterocycles. The Bertz CT molecular complexity index is 671. The van der Waals surface area contributed by atoms with Gasteiger partial charge in [-0.15, -0.1) is 0 Å². The molecule has 0 atom stereocenters. The minimum atomic E-state index is -0.167. The molecule has 0 aromatic heterocycles. The van der Waals surface area contributed by atoms with E-state index in [0.29, 0.717) is 23.2 Å². The summed E-state index contributed by atoms with van der Waals surface area (Å²) in [5.41, 5.74) is 2.21. The normalized spacial score (nSPS) is 10.7. The molecule has 1 amide bonds. The molecule has 3 nitrogen and oxygen atoms in total. The Labute approximate surface area is 150 Å². The molecule has 0 spiro atoms. The van der Waals surface area contributed by atoms with Gasteiger partial charge >= 0.3 is 0 Å². The molecule has 0 aliphatic carbocycles. The summed E-state index contributed by atoms with van der Waals surface area (Å²) in [5, 5.41) is 3.49. The average molecular weight is 397 g/mol. The summed E-state index contributed by atoms with van der Waals surface area (Å²) in [4.78, 5) is 11.9. The Morgan fingerprint density at radius 1 is 1.22 bits per heavy atom. The molecule has 0 aliphatic rings. The molecule has 2 aromatic rings. The van der Waals surface area contributed by atoms with Crippen molar-refractivity contribution in [3.05, 3.63) is 63.1 Å². The standard InChI is InChI=1S/C18H19BrClNO2/c1-12(2)14-5-8-17(16(19)9-14)23-11-18(22)21-10-13-3-6-15(20)7-4-13/h3-9,12H,10-11H2,1-2H3,(H,21,22). The smallest absolute Gasteiger partial charge is 0.258 e. The van der Waals surface area contributed by atoms with Crippen molar-refractivity contribution in [3.8, 4) is 5.75 Å². The van der Waals surface area contributed by atoms with Gasteiger partial charge in [0.1, 0.15) is 5.75 Å². The van der Waals surface area contributed by atoms with Gasteiger partial charge in [0.2, 0.25) is 0 Å². The predicted molar refractivity (Wildman–Crippen MR) is 97.0 cm³/mol. The first-order chi connectivity index (χ1) is 11.0. The lowest BCUT2D eigenvalue weighted by Gasteiger charge is -2.11. The Morgan fingerprint density at radius 3 is 2.52 bits per heavy atom. The first-order valence-corrected chi connectivity index (χ1v) is 8.56. The van der Waals surface area contributed by atoms with Crippen molar-refractivity contribution in [1.29, 1.82) is 0 Å². The van der Waals surface area contributed by atoms with Gasteiger partial charge in [0.15, 0.2) is 6.61 Å². The number of benzene rings is 2. The third-order valence-corrected chi connectivity index (χ3v) is 4.26. The molecule has 0 aliphatic heterocycles. The van der Waals surface area contributed by atoms with Crippen LogP contribution in [0.15, 0.2) is 46.9 Å². The summed E-state index contributed by atoms with van der Waals surface area (Å²) in [6.07, 6.45) is 0. The Hall–Kier alpha value is -1.52. The first-order valence-electron chi connectivity index (χ1n) is 7.39. The fourth-order valence-electron chi connectivity index (χ4n) is 1.99. The quantitative estimate of drug-likeness (QED) is 0.752. The van der Waals surface area contributed by atoms with Gasteiger partial charge in [-0.1, -0.05) is 43.6 Å². The third-order valence-electron chi connectivity index (χ3n) is 3.38. The van der Waals surface area contributed by atoms with E-state index in [-0.39, 0.29) is 12.5 Å². The zero-order chi connectivity index (χ0) is 16.8. The number of rotatable bonds is 6.